The lowest BCUT2D eigenvalue weighted by Gasteiger charge is -2.28. The number of carbonyl (C=O) groups excluding carboxylic acids is 1. The Balaban J connectivity index is 1.55. The lowest BCUT2D eigenvalue weighted by Crippen LogP contribution is -2.33. The second-order valence-electron chi connectivity index (χ2n) is 7.84. The van der Waals surface area contributed by atoms with E-state index in [0.29, 0.717) is 18.1 Å². The summed E-state index contributed by atoms with van der Waals surface area (Å²) in [6, 6.07) is 1.80. The molecule has 3 rings (SSSR count). The molecule has 0 bridgehead atoms. The maximum atomic E-state index is 12.9. The number of carbonyl (C=O) groups is 1. The van der Waals surface area contributed by atoms with E-state index < -0.39 is 35.2 Å². The molecule has 1 aliphatic heterocycles. The summed E-state index contributed by atoms with van der Waals surface area (Å²) in [6.07, 6.45) is -6.66. The molecule has 1 aromatic carbocycles. The van der Waals surface area contributed by atoms with Gasteiger partial charge in [0.25, 0.3) is 0 Å². The van der Waals surface area contributed by atoms with Crippen LogP contribution < -0.4 is 20.9 Å². The number of rotatable bonds is 6. The van der Waals surface area contributed by atoms with Crippen molar-refractivity contribution in [2.24, 2.45) is 0 Å². The summed E-state index contributed by atoms with van der Waals surface area (Å²) in [6.45, 7) is 3.85. The van der Waals surface area contributed by atoms with E-state index in [2.05, 4.69) is 25.5 Å². The molecule has 0 radical (unpaired) electrons. The Hall–Kier alpha value is -3.25. The van der Waals surface area contributed by atoms with Crippen LogP contribution in [0.5, 0.6) is 0 Å². The molecule has 13 heteroatoms. The lowest BCUT2D eigenvalue weighted by molar-refractivity contribution is -0.143. The predicted molar refractivity (Wildman–Crippen MR) is 115 cm³/mol. The van der Waals surface area contributed by atoms with Crippen LogP contribution in [0.1, 0.15) is 36.1 Å². The molecule has 1 saturated heterocycles. The minimum atomic E-state index is -5.00. The molecule has 0 spiro atoms. The summed E-state index contributed by atoms with van der Waals surface area (Å²) in [4.78, 5) is 22.9. The van der Waals surface area contributed by atoms with Crippen molar-refractivity contribution < 1.29 is 31.1 Å². The average molecular weight is 490 g/mol. The van der Waals surface area contributed by atoms with E-state index >= 15 is 0 Å². The molecule has 0 unspecified atom stereocenters. The highest BCUT2D eigenvalue weighted by Crippen LogP contribution is 2.37. The number of nitrogens with one attached hydrogen (secondary N) is 3. The van der Waals surface area contributed by atoms with Gasteiger partial charge in [-0.05, 0) is 44.4 Å². The summed E-state index contributed by atoms with van der Waals surface area (Å²) in [5, 5.41) is 7.33. The van der Waals surface area contributed by atoms with Crippen molar-refractivity contribution in [2.45, 2.75) is 38.5 Å². The summed E-state index contributed by atoms with van der Waals surface area (Å²) in [5.74, 6) is 1.15. The van der Waals surface area contributed by atoms with Crippen LogP contribution in [0.3, 0.4) is 0 Å². The standard InChI is InChI=1S/C21H24F6N6O/c1-13-9-17(33-7-3-2-4-8-33)32-18(30-13)28-5-6-29-19(34)31-16-11-14(20(22,23)24)10-15(12-16)21(25,26)27/h9-12H,2-8H2,1H3,(H,28,30,32)(H2,29,31,34). The maximum Gasteiger partial charge on any atom is 0.416 e. The van der Waals surface area contributed by atoms with Gasteiger partial charge in [0.05, 0.1) is 11.1 Å². The molecule has 0 aliphatic carbocycles. The van der Waals surface area contributed by atoms with Crippen molar-refractivity contribution in [3.05, 3.63) is 41.1 Å². The fourth-order valence-corrected chi connectivity index (χ4v) is 3.47. The van der Waals surface area contributed by atoms with E-state index in [4.69, 9.17) is 0 Å². The Morgan fingerprint density at radius 1 is 0.912 bits per heavy atom. The molecule has 2 aromatic rings. The maximum absolute atomic E-state index is 12.9. The zero-order chi connectivity index (χ0) is 24.9. The molecule has 1 fully saturated rings. The zero-order valence-electron chi connectivity index (χ0n) is 18.3. The molecule has 7 nitrogen and oxygen atoms in total. The third-order valence-electron chi connectivity index (χ3n) is 5.06. The predicted octanol–water partition coefficient (Wildman–Crippen LogP) is 5.05. The summed E-state index contributed by atoms with van der Waals surface area (Å²) >= 11 is 0. The molecule has 34 heavy (non-hydrogen) atoms. The van der Waals surface area contributed by atoms with E-state index in [9.17, 15) is 31.1 Å². The SMILES string of the molecule is Cc1cc(N2CCCCC2)nc(NCCNC(=O)Nc2cc(C(F)(F)F)cc(C(F)(F)F)c2)n1. The molecule has 1 aliphatic rings. The van der Waals surface area contributed by atoms with E-state index in [1.165, 1.54) is 6.42 Å². The molecule has 2 amide bonds. The molecule has 3 N–H and O–H groups in total. The van der Waals surface area contributed by atoms with Gasteiger partial charge in [0.2, 0.25) is 5.95 Å². The highest BCUT2D eigenvalue weighted by Gasteiger charge is 2.37. The fraction of sp³-hybridized carbons (Fsp3) is 0.476. The van der Waals surface area contributed by atoms with E-state index in [1.54, 1.807) is 0 Å². The van der Waals surface area contributed by atoms with Crippen molar-refractivity contribution >= 4 is 23.5 Å². The molecule has 0 atom stereocenters. The fourth-order valence-electron chi connectivity index (χ4n) is 3.47. The van der Waals surface area contributed by atoms with Gasteiger partial charge in [-0.15, -0.1) is 0 Å². The van der Waals surface area contributed by atoms with Crippen molar-refractivity contribution in [3.63, 3.8) is 0 Å². The van der Waals surface area contributed by atoms with Crippen LogP contribution in [0, 0.1) is 6.92 Å². The van der Waals surface area contributed by atoms with Crippen LogP contribution in [0.2, 0.25) is 0 Å². The van der Waals surface area contributed by atoms with E-state index in [0.717, 1.165) is 37.4 Å². The van der Waals surface area contributed by atoms with Crippen LogP contribution in [0.15, 0.2) is 24.3 Å². The minimum Gasteiger partial charge on any atom is -0.356 e. The second kappa shape index (κ2) is 10.3. The highest BCUT2D eigenvalue weighted by molar-refractivity contribution is 5.89. The Bertz CT molecular complexity index is 972. The summed E-state index contributed by atoms with van der Waals surface area (Å²) in [7, 11) is 0. The molecular weight excluding hydrogens is 466 g/mol. The molecular formula is C21H24F6N6O. The number of hydrogen-bond donors (Lipinski definition) is 3. The molecule has 2 heterocycles. The van der Waals surface area contributed by atoms with Crippen LogP contribution in [-0.2, 0) is 12.4 Å². The van der Waals surface area contributed by atoms with Crippen molar-refractivity contribution in [1.29, 1.82) is 0 Å². The first-order valence-electron chi connectivity index (χ1n) is 10.6. The number of halogens is 6. The van der Waals surface area contributed by atoms with Gasteiger partial charge in [-0.1, -0.05) is 0 Å². The van der Waals surface area contributed by atoms with Crippen molar-refractivity contribution in [2.75, 3.05) is 41.7 Å². The number of anilines is 3. The minimum absolute atomic E-state index is 0.00694. The topological polar surface area (TPSA) is 82.2 Å². The molecule has 0 saturated carbocycles. The van der Waals surface area contributed by atoms with Gasteiger partial charge < -0.3 is 20.9 Å². The first-order chi connectivity index (χ1) is 15.9. The largest absolute Gasteiger partial charge is 0.416 e. The third-order valence-corrected chi connectivity index (χ3v) is 5.06. The highest BCUT2D eigenvalue weighted by atomic mass is 19.4. The Labute approximate surface area is 192 Å². The van der Waals surface area contributed by atoms with Gasteiger partial charge in [0.15, 0.2) is 0 Å². The Morgan fingerprint density at radius 2 is 1.53 bits per heavy atom. The number of hydrogen-bond acceptors (Lipinski definition) is 5. The lowest BCUT2D eigenvalue weighted by atomic mass is 10.1. The number of alkyl halides is 6. The first kappa shape index (κ1) is 25.4. The second-order valence-corrected chi connectivity index (χ2v) is 7.84. The van der Waals surface area contributed by atoms with Crippen molar-refractivity contribution in [3.8, 4) is 0 Å². The van der Waals surface area contributed by atoms with E-state index in [-0.39, 0.29) is 19.2 Å². The number of nitrogens with zero attached hydrogens (tertiary/aromatic N) is 3. The summed E-state index contributed by atoms with van der Waals surface area (Å²) < 4.78 is 77.6. The Morgan fingerprint density at radius 3 is 2.12 bits per heavy atom. The van der Waals surface area contributed by atoms with Gasteiger partial charge >= 0.3 is 18.4 Å². The zero-order valence-corrected chi connectivity index (χ0v) is 18.3. The number of benzene rings is 1. The Kier molecular flexibility index (Phi) is 7.72. The van der Waals surface area contributed by atoms with Crippen LogP contribution in [0.4, 0.5) is 48.6 Å². The smallest absolute Gasteiger partial charge is 0.356 e. The number of urea groups is 1. The van der Waals surface area contributed by atoms with E-state index in [1.807, 2.05) is 18.3 Å². The van der Waals surface area contributed by atoms with Crippen molar-refractivity contribution in [1.82, 2.24) is 15.3 Å². The number of piperidine rings is 1. The number of aryl methyl sites for hydroxylation is 1. The summed E-state index contributed by atoms with van der Waals surface area (Å²) in [5.41, 5.74) is -2.89. The average Bonchev–Trinajstić information content (AvgIpc) is 2.75. The number of aromatic nitrogens is 2. The van der Waals surface area contributed by atoms with Crippen LogP contribution >= 0.6 is 0 Å². The molecule has 186 valence electrons. The van der Waals surface area contributed by atoms with Crippen LogP contribution in [0.25, 0.3) is 0 Å². The van der Waals surface area contributed by atoms with Crippen LogP contribution in [-0.4, -0.2) is 42.2 Å². The van der Waals surface area contributed by atoms with Gasteiger partial charge in [0, 0.05) is 43.6 Å². The monoisotopic (exact) mass is 490 g/mol. The molecule has 1 aromatic heterocycles. The quantitative estimate of drug-likeness (QED) is 0.390. The number of amides is 2. The van der Waals surface area contributed by atoms with Gasteiger partial charge in [-0.25, -0.2) is 9.78 Å². The van der Waals surface area contributed by atoms with Gasteiger partial charge in [0.1, 0.15) is 5.82 Å². The van der Waals surface area contributed by atoms with Gasteiger partial charge in [-0.3, -0.25) is 0 Å². The van der Waals surface area contributed by atoms with Gasteiger partial charge in [-0.2, -0.15) is 31.3 Å². The first-order valence-corrected chi connectivity index (χ1v) is 10.6. The third kappa shape index (κ3) is 7.12. The normalized spacial score (nSPS) is 14.6.